The summed E-state index contributed by atoms with van der Waals surface area (Å²) in [4.78, 5) is 14.7. The number of thiophene rings is 1. The Bertz CT molecular complexity index is 1640. The summed E-state index contributed by atoms with van der Waals surface area (Å²) in [7, 11) is 0. The highest BCUT2D eigenvalue weighted by atomic mass is 32.1. The van der Waals surface area contributed by atoms with E-state index in [4.69, 9.17) is 20.7 Å². The molecular formula is C30H24N4S. The fourth-order valence-corrected chi connectivity index (χ4v) is 5.55. The molecule has 2 aromatic heterocycles. The van der Waals surface area contributed by atoms with E-state index < -0.39 is 5.54 Å². The Hall–Kier alpha value is -3.93. The minimum absolute atomic E-state index is 0.508. The first-order chi connectivity index (χ1) is 17.1. The highest BCUT2D eigenvalue weighted by molar-refractivity contribution is 7.25. The number of allylic oxidation sites excluding steroid dienone is 4. The Kier molecular flexibility index (Phi) is 5.36. The van der Waals surface area contributed by atoms with E-state index >= 15 is 0 Å². The van der Waals surface area contributed by atoms with Crippen LogP contribution in [0.25, 0.3) is 37.1 Å². The Morgan fingerprint density at radius 2 is 1.57 bits per heavy atom. The van der Waals surface area contributed by atoms with Crippen LogP contribution in [0.15, 0.2) is 103 Å². The van der Waals surface area contributed by atoms with Crippen LogP contribution in [0.4, 0.5) is 0 Å². The van der Waals surface area contributed by atoms with Gasteiger partial charge in [0.1, 0.15) is 5.82 Å². The highest BCUT2D eigenvalue weighted by Gasteiger charge is 2.17. The van der Waals surface area contributed by atoms with Gasteiger partial charge >= 0.3 is 0 Å². The largest absolute Gasteiger partial charge is 0.319 e. The molecule has 2 N–H and O–H groups in total. The molecule has 4 nitrogen and oxygen atoms in total. The van der Waals surface area contributed by atoms with Gasteiger partial charge in [0, 0.05) is 37.7 Å². The van der Waals surface area contributed by atoms with E-state index in [2.05, 4.69) is 42.5 Å². The molecule has 5 heteroatoms. The molecule has 0 spiro atoms. The van der Waals surface area contributed by atoms with Crippen LogP contribution in [0.2, 0.25) is 0 Å². The normalized spacial score (nSPS) is 17.6. The number of nitrogens with zero attached hydrogens (tertiary/aromatic N) is 3. The predicted molar refractivity (Wildman–Crippen MR) is 146 cm³/mol. The summed E-state index contributed by atoms with van der Waals surface area (Å²) >= 11 is 1.82. The van der Waals surface area contributed by atoms with Gasteiger partial charge in [0.05, 0.1) is 5.54 Å². The zero-order valence-corrected chi connectivity index (χ0v) is 20.2. The van der Waals surface area contributed by atoms with Crippen LogP contribution >= 0.6 is 11.3 Å². The van der Waals surface area contributed by atoms with Crippen molar-refractivity contribution in [2.75, 3.05) is 0 Å². The Morgan fingerprint density at radius 3 is 2.46 bits per heavy atom. The topological polar surface area (TPSA) is 64.7 Å². The average Bonchev–Trinajstić information content (AvgIpc) is 3.16. The highest BCUT2D eigenvalue weighted by Crippen LogP contribution is 2.36. The molecule has 0 bridgehead atoms. The number of nitrogens with two attached hydrogens (primary N) is 1. The van der Waals surface area contributed by atoms with Gasteiger partial charge in [0.2, 0.25) is 0 Å². The van der Waals surface area contributed by atoms with Crippen LogP contribution in [-0.4, -0.2) is 20.5 Å². The van der Waals surface area contributed by atoms with Crippen molar-refractivity contribution in [1.82, 2.24) is 15.0 Å². The Balaban J connectivity index is 1.49. The summed E-state index contributed by atoms with van der Waals surface area (Å²) in [6.45, 7) is 1.97. The lowest BCUT2D eigenvalue weighted by molar-refractivity contribution is 0.736. The SMILES string of the molecule is CC1(N)C=CC=C(c2nc(Cc3cccc4sc5ccccc5c34)nc(-c3ccccc3)n2)C=C1. The van der Waals surface area contributed by atoms with Crippen molar-refractivity contribution >= 4 is 37.1 Å². The van der Waals surface area contributed by atoms with Gasteiger partial charge in [-0.05, 0) is 24.6 Å². The number of aromatic nitrogens is 3. The van der Waals surface area contributed by atoms with E-state index in [9.17, 15) is 0 Å². The standard InChI is InChI=1S/C30H24N4S/c1-30(31)17-8-12-21(16-18-30)29-33-26(32-28(34-29)20-9-3-2-4-10-20)19-22-11-7-15-25-27(22)23-13-5-6-14-24(23)35-25/h2-18H,19,31H2,1H3. The number of hydrogen-bond acceptors (Lipinski definition) is 5. The van der Waals surface area contributed by atoms with E-state index in [0.717, 1.165) is 17.0 Å². The molecule has 0 fully saturated rings. The molecule has 5 aromatic rings. The second-order valence-corrected chi connectivity index (χ2v) is 10.1. The van der Waals surface area contributed by atoms with Gasteiger partial charge in [0.25, 0.3) is 0 Å². The fraction of sp³-hybridized carbons (Fsp3) is 0.100. The minimum atomic E-state index is -0.508. The molecule has 0 aliphatic heterocycles. The van der Waals surface area contributed by atoms with Crippen LogP contribution < -0.4 is 5.73 Å². The van der Waals surface area contributed by atoms with Gasteiger partial charge in [-0.2, -0.15) is 0 Å². The third kappa shape index (κ3) is 4.32. The van der Waals surface area contributed by atoms with E-state index in [1.807, 2.05) is 79.0 Å². The summed E-state index contributed by atoms with van der Waals surface area (Å²) in [5, 5.41) is 2.56. The summed E-state index contributed by atoms with van der Waals surface area (Å²) in [6, 6.07) is 25.1. The molecular weight excluding hydrogens is 448 g/mol. The zero-order valence-electron chi connectivity index (χ0n) is 19.3. The smallest absolute Gasteiger partial charge is 0.163 e. The van der Waals surface area contributed by atoms with E-state index in [1.165, 1.54) is 25.7 Å². The summed E-state index contributed by atoms with van der Waals surface area (Å²) in [5.41, 5.74) is 8.89. The predicted octanol–water partition coefficient (Wildman–Crippen LogP) is 6.72. The van der Waals surface area contributed by atoms with Crippen LogP contribution in [0.5, 0.6) is 0 Å². The molecule has 1 atom stereocenters. The lowest BCUT2D eigenvalue weighted by Crippen LogP contribution is -2.30. The van der Waals surface area contributed by atoms with Gasteiger partial charge in [-0.3, -0.25) is 0 Å². The maximum absolute atomic E-state index is 6.30. The fourth-order valence-electron chi connectivity index (χ4n) is 4.40. The third-order valence-electron chi connectivity index (χ3n) is 6.16. The van der Waals surface area contributed by atoms with Crippen LogP contribution in [-0.2, 0) is 6.42 Å². The zero-order chi connectivity index (χ0) is 23.8. The van der Waals surface area contributed by atoms with Crippen LogP contribution in [0.1, 0.15) is 24.1 Å². The van der Waals surface area contributed by atoms with Crippen molar-refractivity contribution in [3.63, 3.8) is 0 Å². The maximum Gasteiger partial charge on any atom is 0.163 e. The molecule has 1 unspecified atom stereocenters. The van der Waals surface area contributed by atoms with Gasteiger partial charge < -0.3 is 5.73 Å². The third-order valence-corrected chi connectivity index (χ3v) is 7.30. The van der Waals surface area contributed by atoms with E-state index in [-0.39, 0.29) is 0 Å². The molecule has 1 aliphatic carbocycles. The summed E-state index contributed by atoms with van der Waals surface area (Å²) in [6.07, 6.45) is 10.6. The van der Waals surface area contributed by atoms with Crippen molar-refractivity contribution in [3.8, 4) is 11.4 Å². The molecule has 6 rings (SSSR count). The molecule has 3 aromatic carbocycles. The molecule has 2 heterocycles. The van der Waals surface area contributed by atoms with Crippen molar-refractivity contribution in [2.24, 2.45) is 5.73 Å². The molecule has 0 amide bonds. The van der Waals surface area contributed by atoms with Crippen molar-refractivity contribution < 1.29 is 0 Å². The Labute approximate surface area is 208 Å². The van der Waals surface area contributed by atoms with Gasteiger partial charge in [-0.25, -0.2) is 15.0 Å². The lowest BCUT2D eigenvalue weighted by atomic mass is 10.0. The second-order valence-electron chi connectivity index (χ2n) is 9.01. The monoisotopic (exact) mass is 472 g/mol. The van der Waals surface area contributed by atoms with Gasteiger partial charge in [-0.15, -0.1) is 11.3 Å². The Morgan fingerprint density at radius 1 is 0.800 bits per heavy atom. The van der Waals surface area contributed by atoms with Gasteiger partial charge in [-0.1, -0.05) is 91.0 Å². The second kappa shape index (κ2) is 8.69. The summed E-state index contributed by atoms with van der Waals surface area (Å²) < 4.78 is 2.57. The molecule has 0 saturated carbocycles. The van der Waals surface area contributed by atoms with E-state index in [1.54, 1.807) is 0 Å². The number of rotatable bonds is 4. The molecule has 1 aliphatic rings. The molecule has 170 valence electrons. The van der Waals surface area contributed by atoms with Crippen molar-refractivity contribution in [2.45, 2.75) is 18.9 Å². The van der Waals surface area contributed by atoms with E-state index in [0.29, 0.717) is 18.1 Å². The van der Waals surface area contributed by atoms with Crippen LogP contribution in [0.3, 0.4) is 0 Å². The first-order valence-electron chi connectivity index (χ1n) is 11.6. The quantitative estimate of drug-likeness (QED) is 0.315. The first-order valence-corrected chi connectivity index (χ1v) is 12.4. The molecule has 35 heavy (non-hydrogen) atoms. The lowest BCUT2D eigenvalue weighted by Gasteiger charge is -2.13. The van der Waals surface area contributed by atoms with Gasteiger partial charge in [0.15, 0.2) is 11.6 Å². The summed E-state index contributed by atoms with van der Waals surface area (Å²) in [5.74, 6) is 2.07. The number of fused-ring (bicyclic) bond motifs is 3. The van der Waals surface area contributed by atoms with Crippen LogP contribution in [0, 0.1) is 0 Å². The number of hydrogen-bond donors (Lipinski definition) is 1. The molecule has 0 radical (unpaired) electrons. The minimum Gasteiger partial charge on any atom is -0.319 e. The van der Waals surface area contributed by atoms with Crippen molar-refractivity contribution in [3.05, 3.63) is 120 Å². The number of benzene rings is 3. The molecule has 0 saturated heterocycles. The average molecular weight is 473 g/mol. The van der Waals surface area contributed by atoms with Crippen molar-refractivity contribution in [1.29, 1.82) is 0 Å². The maximum atomic E-state index is 6.30. The first kappa shape index (κ1) is 21.6.